The van der Waals surface area contributed by atoms with Crippen LogP contribution in [-0.2, 0) is 11.2 Å². The minimum Gasteiger partial charge on any atom is -0.493 e. The molecule has 0 heterocycles. The Balaban J connectivity index is 2.43. The van der Waals surface area contributed by atoms with Gasteiger partial charge in [-0.25, -0.2) is 0 Å². The number of amides is 1. The highest BCUT2D eigenvalue weighted by Crippen LogP contribution is 2.50. The van der Waals surface area contributed by atoms with Crippen molar-refractivity contribution in [3.05, 3.63) is 45.6 Å². The number of hydrogen-bond donors (Lipinski definition) is 1. The molecule has 154 valence electrons. The summed E-state index contributed by atoms with van der Waals surface area (Å²) in [5, 5.41) is 2.87. The summed E-state index contributed by atoms with van der Waals surface area (Å²) in [6.07, 6.45) is 2.49. The van der Waals surface area contributed by atoms with Gasteiger partial charge in [-0.3, -0.25) is 9.59 Å². The third kappa shape index (κ3) is 3.92. The molecule has 0 aromatic heterocycles. The van der Waals surface area contributed by atoms with Crippen LogP contribution in [0.1, 0.15) is 38.7 Å². The van der Waals surface area contributed by atoms with Crippen molar-refractivity contribution in [2.24, 2.45) is 0 Å². The third-order valence-electron chi connectivity index (χ3n) is 4.89. The first-order chi connectivity index (χ1) is 16.2. The molecule has 0 fully saturated rings. The summed E-state index contributed by atoms with van der Waals surface area (Å²) in [5.74, 6) is -1.05. The van der Waals surface area contributed by atoms with E-state index in [0.717, 1.165) is 0 Å². The van der Waals surface area contributed by atoms with Crippen LogP contribution in [0.2, 0.25) is 0 Å². The van der Waals surface area contributed by atoms with Crippen molar-refractivity contribution in [1.29, 1.82) is 0 Å². The van der Waals surface area contributed by atoms with Gasteiger partial charge in [-0.15, -0.1) is 11.8 Å². The van der Waals surface area contributed by atoms with Gasteiger partial charge in [0.2, 0.25) is 11.7 Å². The molecule has 0 bridgehead atoms. The van der Waals surface area contributed by atoms with E-state index in [9.17, 15) is 9.59 Å². The number of carbonyl (C=O) groups excluding carboxylic acids is 1. The Morgan fingerprint density at radius 3 is 2.66 bits per heavy atom. The van der Waals surface area contributed by atoms with Crippen molar-refractivity contribution in [2.75, 3.05) is 27.4 Å². The molecule has 1 atom stereocenters. The number of fused-ring (bicyclic) bond motifs is 3. The van der Waals surface area contributed by atoms with Crippen molar-refractivity contribution in [2.45, 2.75) is 30.7 Å². The SMILES string of the molecule is [2H]C([2H])([2H])Oc1cc2c(c(OC)c1OC([2H])([2H])[2H])-c1ccc(SC)c(=O)cc1[C@@H](NC(C)=O)CC2. The Morgan fingerprint density at radius 2 is 2.00 bits per heavy atom. The highest BCUT2D eigenvalue weighted by Gasteiger charge is 2.29. The maximum absolute atomic E-state index is 12.9. The van der Waals surface area contributed by atoms with Gasteiger partial charge in [-0.05, 0) is 54.0 Å². The Kier molecular flexibility index (Phi) is 4.34. The number of nitrogens with one attached hydrogen (secondary N) is 1. The van der Waals surface area contributed by atoms with Crippen molar-refractivity contribution in [3.8, 4) is 28.4 Å². The second-order valence-corrected chi connectivity index (χ2v) is 7.39. The molecule has 0 radical (unpaired) electrons. The molecule has 3 rings (SSSR count). The Morgan fingerprint density at radius 1 is 1.21 bits per heavy atom. The van der Waals surface area contributed by atoms with Crippen LogP contribution < -0.4 is 25.0 Å². The quantitative estimate of drug-likeness (QED) is 0.744. The summed E-state index contributed by atoms with van der Waals surface area (Å²) >= 11 is 1.27. The number of ether oxygens (including phenoxy) is 3. The fraction of sp³-hybridized carbons (Fsp3) is 0.364. The zero-order valence-corrected chi connectivity index (χ0v) is 17.1. The Bertz CT molecular complexity index is 1200. The van der Waals surface area contributed by atoms with Gasteiger partial charge in [0.05, 0.1) is 40.3 Å². The Labute approximate surface area is 183 Å². The van der Waals surface area contributed by atoms with E-state index >= 15 is 0 Å². The van der Waals surface area contributed by atoms with Gasteiger partial charge >= 0.3 is 0 Å². The molecule has 1 aliphatic carbocycles. The molecule has 1 amide bonds. The average Bonchev–Trinajstić information content (AvgIpc) is 2.95. The fourth-order valence-corrected chi connectivity index (χ4v) is 4.15. The molecule has 1 aliphatic rings. The number of hydrogen-bond acceptors (Lipinski definition) is 6. The number of carbonyl (C=O) groups is 1. The van der Waals surface area contributed by atoms with Crippen LogP contribution in [0, 0.1) is 0 Å². The van der Waals surface area contributed by atoms with E-state index in [1.54, 1.807) is 18.4 Å². The highest BCUT2D eigenvalue weighted by molar-refractivity contribution is 7.98. The third-order valence-corrected chi connectivity index (χ3v) is 5.66. The molecule has 2 aromatic rings. The lowest BCUT2D eigenvalue weighted by molar-refractivity contribution is -0.119. The smallest absolute Gasteiger partial charge is 0.217 e. The van der Waals surface area contributed by atoms with E-state index < -0.39 is 25.9 Å². The van der Waals surface area contributed by atoms with Gasteiger partial charge in [0.15, 0.2) is 16.9 Å². The standard InChI is InChI=1S/C22H25NO5S/c1-12(24)23-16-8-6-13-10-18(26-2)21(27-3)22(28-4)20(13)14-7-9-19(29-5)17(25)11-15(14)16/h7,9-11,16H,6,8H2,1-5H3,(H,23,24)/t16-/m0/s1/i2D3,3D3. The normalized spacial score (nSPS) is 18.8. The maximum Gasteiger partial charge on any atom is 0.217 e. The summed E-state index contributed by atoms with van der Waals surface area (Å²) in [4.78, 5) is 25.3. The van der Waals surface area contributed by atoms with Gasteiger partial charge in [0.1, 0.15) is 0 Å². The first kappa shape index (κ1) is 14.3. The number of benzene rings is 1. The first-order valence-electron chi connectivity index (χ1n) is 11.9. The predicted molar refractivity (Wildman–Crippen MR) is 114 cm³/mol. The maximum atomic E-state index is 12.9. The minimum absolute atomic E-state index is 0.0491. The average molecular weight is 422 g/mol. The van der Waals surface area contributed by atoms with Crippen LogP contribution >= 0.6 is 11.8 Å². The van der Waals surface area contributed by atoms with Gasteiger partial charge in [-0.1, -0.05) is 6.07 Å². The highest BCUT2D eigenvalue weighted by atomic mass is 32.2. The van der Waals surface area contributed by atoms with E-state index in [-0.39, 0.29) is 22.8 Å². The second-order valence-electron chi connectivity index (χ2n) is 6.55. The molecule has 0 aliphatic heterocycles. The van der Waals surface area contributed by atoms with Crippen LogP contribution in [0.3, 0.4) is 0 Å². The van der Waals surface area contributed by atoms with Gasteiger partial charge in [0, 0.05) is 12.5 Å². The molecule has 29 heavy (non-hydrogen) atoms. The predicted octanol–water partition coefficient (Wildman–Crippen LogP) is 3.58. The fourth-order valence-electron chi connectivity index (χ4n) is 3.69. The molecular formula is C22H25NO5S. The first-order valence-corrected chi connectivity index (χ1v) is 10.1. The van der Waals surface area contributed by atoms with Crippen LogP contribution in [0.4, 0.5) is 0 Å². The molecule has 0 spiro atoms. The van der Waals surface area contributed by atoms with E-state index in [0.29, 0.717) is 40.0 Å². The topological polar surface area (TPSA) is 73.9 Å². The van der Waals surface area contributed by atoms with Crippen LogP contribution in [0.15, 0.2) is 34.0 Å². The number of methoxy groups -OCH3 is 3. The van der Waals surface area contributed by atoms with E-state index in [2.05, 4.69) is 5.32 Å². The van der Waals surface area contributed by atoms with E-state index in [4.69, 9.17) is 22.4 Å². The molecule has 1 N–H and O–H groups in total. The van der Waals surface area contributed by atoms with Gasteiger partial charge in [0.25, 0.3) is 0 Å². The molecule has 6 nitrogen and oxygen atoms in total. The lowest BCUT2D eigenvalue weighted by Crippen LogP contribution is -2.26. The largest absolute Gasteiger partial charge is 0.493 e. The number of aryl methyl sites for hydroxylation is 1. The molecular weight excluding hydrogens is 390 g/mol. The lowest BCUT2D eigenvalue weighted by atomic mass is 9.95. The summed E-state index contributed by atoms with van der Waals surface area (Å²) in [6.45, 7) is 1.37. The molecule has 2 aromatic carbocycles. The second kappa shape index (κ2) is 8.78. The minimum atomic E-state index is -2.93. The number of thioether (sulfide) groups is 1. The van der Waals surface area contributed by atoms with Crippen molar-refractivity contribution in [1.82, 2.24) is 5.32 Å². The van der Waals surface area contributed by atoms with Crippen molar-refractivity contribution < 1.29 is 27.2 Å². The summed E-state index contributed by atoms with van der Waals surface area (Å²) in [6, 6.07) is 5.67. The number of rotatable bonds is 5. The van der Waals surface area contributed by atoms with Crippen molar-refractivity contribution >= 4 is 17.7 Å². The molecule has 7 heteroatoms. The molecule has 0 saturated heterocycles. The van der Waals surface area contributed by atoms with Crippen LogP contribution in [-0.4, -0.2) is 33.3 Å². The summed E-state index contributed by atoms with van der Waals surface area (Å²) in [5.41, 5.74) is 1.80. The van der Waals surface area contributed by atoms with Crippen molar-refractivity contribution in [3.63, 3.8) is 0 Å². The lowest BCUT2D eigenvalue weighted by Gasteiger charge is -2.19. The van der Waals surface area contributed by atoms with E-state index in [1.807, 2.05) is 0 Å². The van der Waals surface area contributed by atoms with Gasteiger partial charge < -0.3 is 19.5 Å². The zero-order chi connectivity index (χ0) is 26.1. The summed E-state index contributed by atoms with van der Waals surface area (Å²) in [7, 11) is -4.52. The van der Waals surface area contributed by atoms with Crippen LogP contribution in [0.5, 0.6) is 17.2 Å². The van der Waals surface area contributed by atoms with E-state index in [1.165, 1.54) is 37.9 Å². The molecule has 0 saturated carbocycles. The monoisotopic (exact) mass is 421 g/mol. The zero-order valence-electron chi connectivity index (χ0n) is 22.3. The Hall–Kier alpha value is -2.67. The van der Waals surface area contributed by atoms with Crippen LogP contribution in [0.25, 0.3) is 11.1 Å². The molecule has 0 unspecified atom stereocenters. The van der Waals surface area contributed by atoms with Gasteiger partial charge in [-0.2, -0.15) is 0 Å². The summed E-state index contributed by atoms with van der Waals surface area (Å²) < 4.78 is 61.2.